The number of aromatic hydroxyl groups is 1. The normalized spacial score (nSPS) is 11.0. The minimum absolute atomic E-state index is 0.0549. The Labute approximate surface area is 179 Å². The first-order valence-corrected chi connectivity index (χ1v) is 10.3. The van der Waals surface area contributed by atoms with Gasteiger partial charge in [0, 0.05) is 18.5 Å². The van der Waals surface area contributed by atoms with Crippen molar-refractivity contribution in [3.05, 3.63) is 61.5 Å². The SMILES string of the molecule is N=C(c1ccc(-c2ccc(F)cc2Cl)o1)c1sc(=O)n(CCCCCC(=O)O)c1O. The van der Waals surface area contributed by atoms with Crippen LogP contribution in [0, 0.1) is 11.2 Å². The summed E-state index contributed by atoms with van der Waals surface area (Å²) in [5, 5.41) is 27.5. The second-order valence-corrected chi connectivity index (χ2v) is 7.91. The molecular formula is C20H18ClFN2O5S. The molecule has 0 saturated heterocycles. The van der Waals surface area contributed by atoms with Gasteiger partial charge in [-0.2, -0.15) is 0 Å². The van der Waals surface area contributed by atoms with Gasteiger partial charge in [-0.05, 0) is 43.2 Å². The van der Waals surface area contributed by atoms with Crippen LogP contribution in [0.15, 0.2) is 39.5 Å². The van der Waals surface area contributed by atoms with Gasteiger partial charge in [-0.15, -0.1) is 0 Å². The van der Waals surface area contributed by atoms with E-state index in [0.717, 1.165) is 22.0 Å². The number of nitrogens with zero attached hydrogens (tertiary/aromatic N) is 1. The van der Waals surface area contributed by atoms with E-state index < -0.39 is 16.7 Å². The zero-order chi connectivity index (χ0) is 21.8. The highest BCUT2D eigenvalue weighted by Gasteiger charge is 2.21. The molecule has 0 spiro atoms. The van der Waals surface area contributed by atoms with Crippen molar-refractivity contribution in [2.24, 2.45) is 0 Å². The number of nitrogens with one attached hydrogen (secondary N) is 1. The molecule has 0 fully saturated rings. The zero-order valence-electron chi connectivity index (χ0n) is 15.7. The Morgan fingerprint density at radius 1 is 1.23 bits per heavy atom. The molecule has 0 bridgehead atoms. The number of hydrogen-bond acceptors (Lipinski definition) is 6. The molecule has 3 aromatic rings. The van der Waals surface area contributed by atoms with Crippen LogP contribution in [-0.2, 0) is 11.3 Å². The first-order chi connectivity index (χ1) is 14.3. The van der Waals surface area contributed by atoms with Crippen LogP contribution in [0.3, 0.4) is 0 Å². The number of hydrogen-bond donors (Lipinski definition) is 3. The van der Waals surface area contributed by atoms with Gasteiger partial charge in [-0.25, -0.2) is 4.39 Å². The number of halogens is 2. The minimum atomic E-state index is -0.874. The Morgan fingerprint density at radius 2 is 2.00 bits per heavy atom. The number of unbranched alkanes of at least 4 members (excludes halogenated alkanes) is 2. The van der Waals surface area contributed by atoms with E-state index in [4.69, 9.17) is 26.5 Å². The predicted molar refractivity (Wildman–Crippen MR) is 111 cm³/mol. The summed E-state index contributed by atoms with van der Waals surface area (Å²) in [6, 6.07) is 6.93. The molecule has 3 N–H and O–H groups in total. The summed E-state index contributed by atoms with van der Waals surface area (Å²) in [5.74, 6) is -1.24. The molecule has 0 aliphatic rings. The van der Waals surface area contributed by atoms with E-state index in [9.17, 15) is 19.1 Å². The van der Waals surface area contributed by atoms with Gasteiger partial charge < -0.3 is 14.6 Å². The topological polar surface area (TPSA) is 117 Å². The van der Waals surface area contributed by atoms with Gasteiger partial charge in [0.1, 0.15) is 22.2 Å². The number of furan rings is 1. The second kappa shape index (κ2) is 9.27. The fourth-order valence-electron chi connectivity index (χ4n) is 2.90. The third-order valence-electron chi connectivity index (χ3n) is 4.42. The van der Waals surface area contributed by atoms with E-state index in [1.165, 1.54) is 18.2 Å². The Bertz CT molecular complexity index is 1150. The number of thiazole rings is 1. The van der Waals surface area contributed by atoms with Crippen LogP contribution < -0.4 is 4.87 Å². The highest BCUT2D eigenvalue weighted by Crippen LogP contribution is 2.32. The summed E-state index contributed by atoms with van der Waals surface area (Å²) in [4.78, 5) is 22.4. The van der Waals surface area contributed by atoms with Crippen molar-refractivity contribution >= 4 is 34.6 Å². The molecule has 0 amide bonds. The second-order valence-electron chi connectivity index (χ2n) is 6.54. The summed E-state index contributed by atoms with van der Waals surface area (Å²) in [7, 11) is 0. The van der Waals surface area contributed by atoms with Crippen LogP contribution >= 0.6 is 22.9 Å². The van der Waals surface area contributed by atoms with E-state index in [-0.39, 0.29) is 40.2 Å². The molecule has 7 nitrogen and oxygen atoms in total. The van der Waals surface area contributed by atoms with Crippen LogP contribution in [0.2, 0.25) is 5.02 Å². The minimum Gasteiger partial charge on any atom is -0.493 e. The molecular weight excluding hydrogens is 435 g/mol. The fraction of sp³-hybridized carbons (Fsp3) is 0.250. The van der Waals surface area contributed by atoms with Gasteiger partial charge in [-0.3, -0.25) is 19.6 Å². The Kier molecular flexibility index (Phi) is 6.73. The van der Waals surface area contributed by atoms with Gasteiger partial charge in [-0.1, -0.05) is 29.4 Å². The first kappa shape index (κ1) is 21.8. The van der Waals surface area contributed by atoms with Crippen molar-refractivity contribution in [1.29, 1.82) is 5.41 Å². The van der Waals surface area contributed by atoms with Crippen molar-refractivity contribution in [3.63, 3.8) is 0 Å². The molecule has 0 unspecified atom stereocenters. The van der Waals surface area contributed by atoms with Gasteiger partial charge in [0.05, 0.1) is 5.02 Å². The van der Waals surface area contributed by atoms with Gasteiger partial charge >= 0.3 is 10.8 Å². The number of carbonyl (C=O) groups is 1. The maximum atomic E-state index is 13.2. The molecule has 0 aliphatic heterocycles. The number of aromatic nitrogens is 1. The molecule has 3 rings (SSSR count). The van der Waals surface area contributed by atoms with Crippen LogP contribution in [0.1, 0.15) is 36.3 Å². The van der Waals surface area contributed by atoms with Crippen LogP contribution in [0.25, 0.3) is 11.3 Å². The summed E-state index contributed by atoms with van der Waals surface area (Å²) in [5.41, 5.74) is 0.289. The average Bonchev–Trinajstić information content (AvgIpc) is 3.27. The first-order valence-electron chi connectivity index (χ1n) is 9.07. The molecule has 0 saturated carbocycles. The smallest absolute Gasteiger partial charge is 0.310 e. The number of benzene rings is 1. The van der Waals surface area contributed by atoms with Crippen molar-refractivity contribution in [1.82, 2.24) is 4.57 Å². The van der Waals surface area contributed by atoms with E-state index in [1.807, 2.05) is 0 Å². The molecule has 0 atom stereocenters. The van der Waals surface area contributed by atoms with Gasteiger partial charge in [0.15, 0.2) is 5.76 Å². The molecule has 2 heterocycles. The lowest BCUT2D eigenvalue weighted by molar-refractivity contribution is -0.137. The standard InChI is InChI=1S/C20H18ClFN2O5S/c21-13-10-11(22)5-6-12(13)14-7-8-15(29-14)17(23)18-19(27)24(20(28)30-18)9-3-1-2-4-16(25)26/h5-8,10,23,27H,1-4,9H2,(H,25,26). The molecule has 10 heteroatoms. The van der Waals surface area contributed by atoms with Crippen molar-refractivity contribution in [2.75, 3.05) is 0 Å². The lowest BCUT2D eigenvalue weighted by atomic mass is 10.2. The molecule has 158 valence electrons. The third kappa shape index (κ3) is 4.80. The lowest BCUT2D eigenvalue weighted by Crippen LogP contribution is -2.12. The van der Waals surface area contributed by atoms with Crippen LogP contribution in [0.5, 0.6) is 5.88 Å². The van der Waals surface area contributed by atoms with Crippen LogP contribution in [0.4, 0.5) is 4.39 Å². The number of rotatable bonds is 9. The zero-order valence-corrected chi connectivity index (χ0v) is 17.2. The summed E-state index contributed by atoms with van der Waals surface area (Å²) < 4.78 is 20.0. The van der Waals surface area contributed by atoms with Crippen LogP contribution in [-0.4, -0.2) is 26.5 Å². The maximum absolute atomic E-state index is 13.2. The Hall–Kier alpha value is -2.91. The van der Waals surface area contributed by atoms with Gasteiger partial charge in [0.25, 0.3) is 0 Å². The molecule has 1 aromatic carbocycles. The van der Waals surface area contributed by atoms with E-state index in [0.29, 0.717) is 30.6 Å². The predicted octanol–water partition coefficient (Wildman–Crippen LogP) is 4.73. The van der Waals surface area contributed by atoms with Crippen molar-refractivity contribution in [2.45, 2.75) is 32.2 Å². The largest absolute Gasteiger partial charge is 0.493 e. The highest BCUT2D eigenvalue weighted by molar-refractivity contribution is 7.12. The number of carboxylic acid groups (broad SMARTS) is 1. The summed E-state index contributed by atoms with van der Waals surface area (Å²) in [6.07, 6.45) is 1.66. The third-order valence-corrected chi connectivity index (χ3v) is 5.72. The fourth-order valence-corrected chi connectivity index (χ4v) is 4.03. The molecule has 0 aliphatic carbocycles. The monoisotopic (exact) mass is 452 g/mol. The number of aliphatic carboxylic acids is 1. The Morgan fingerprint density at radius 3 is 2.70 bits per heavy atom. The van der Waals surface area contributed by atoms with E-state index in [1.54, 1.807) is 6.07 Å². The molecule has 30 heavy (non-hydrogen) atoms. The molecule has 0 radical (unpaired) electrons. The average molecular weight is 453 g/mol. The quantitative estimate of drug-likeness (QED) is 0.320. The lowest BCUT2D eigenvalue weighted by Gasteiger charge is -2.04. The van der Waals surface area contributed by atoms with Crippen molar-refractivity contribution in [3.8, 4) is 17.2 Å². The van der Waals surface area contributed by atoms with Gasteiger partial charge in [0.2, 0.25) is 5.88 Å². The summed E-state index contributed by atoms with van der Waals surface area (Å²) in [6.45, 7) is 0.225. The van der Waals surface area contributed by atoms with E-state index in [2.05, 4.69) is 0 Å². The number of carboxylic acids is 1. The summed E-state index contributed by atoms with van der Waals surface area (Å²) >= 11 is 6.76. The molecule has 2 aromatic heterocycles. The van der Waals surface area contributed by atoms with Crippen molar-refractivity contribution < 1.29 is 23.8 Å². The Balaban J connectivity index is 1.75. The highest BCUT2D eigenvalue weighted by atomic mass is 35.5. The van der Waals surface area contributed by atoms with E-state index >= 15 is 0 Å². The maximum Gasteiger partial charge on any atom is 0.310 e.